The summed E-state index contributed by atoms with van der Waals surface area (Å²) in [5, 5.41) is 11.7. The number of rotatable bonds is 10. The smallest absolute Gasteiger partial charge is 0.335 e. The van der Waals surface area contributed by atoms with E-state index in [9.17, 15) is 9.59 Å². The van der Waals surface area contributed by atoms with Crippen LogP contribution < -0.4 is 5.32 Å². The van der Waals surface area contributed by atoms with Crippen LogP contribution in [0.15, 0.2) is 24.3 Å². The Hall–Kier alpha value is -1.88. The van der Waals surface area contributed by atoms with E-state index in [1.807, 2.05) is 6.07 Å². The molecule has 0 aromatic heterocycles. The van der Waals surface area contributed by atoms with Crippen molar-refractivity contribution in [1.82, 2.24) is 5.32 Å². The van der Waals surface area contributed by atoms with Crippen molar-refractivity contribution in [3.8, 4) is 0 Å². The normalized spacial score (nSPS) is 10.3. The van der Waals surface area contributed by atoms with Crippen LogP contribution in [-0.2, 0) is 16.0 Å². The number of carboxylic acids is 1. The van der Waals surface area contributed by atoms with E-state index < -0.39 is 5.97 Å². The third-order valence-corrected chi connectivity index (χ3v) is 3.04. The minimum absolute atomic E-state index is 0.0822. The molecule has 0 atom stereocenters. The van der Waals surface area contributed by atoms with Gasteiger partial charge in [0, 0.05) is 13.2 Å². The van der Waals surface area contributed by atoms with Gasteiger partial charge in [0.25, 0.3) is 0 Å². The van der Waals surface area contributed by atoms with Gasteiger partial charge >= 0.3 is 5.97 Å². The largest absolute Gasteiger partial charge is 0.478 e. The Labute approximate surface area is 125 Å². The average Bonchev–Trinajstić information content (AvgIpc) is 2.47. The molecule has 0 bridgehead atoms. The number of hydrogen-bond donors (Lipinski definition) is 2. The lowest BCUT2D eigenvalue weighted by molar-refractivity contribution is -0.125. The Morgan fingerprint density at radius 3 is 2.81 bits per heavy atom. The van der Waals surface area contributed by atoms with Crippen LogP contribution in [-0.4, -0.2) is 36.7 Å². The van der Waals surface area contributed by atoms with Gasteiger partial charge in [-0.25, -0.2) is 4.79 Å². The number of aromatic carboxylic acids is 1. The molecule has 0 spiro atoms. The van der Waals surface area contributed by atoms with Crippen molar-refractivity contribution < 1.29 is 19.4 Å². The number of nitrogens with one attached hydrogen (secondary N) is 1. The molecule has 1 rings (SSSR count). The van der Waals surface area contributed by atoms with Crippen LogP contribution in [0.25, 0.3) is 0 Å². The molecule has 0 aliphatic carbocycles. The fourth-order valence-electron chi connectivity index (χ4n) is 1.88. The lowest BCUT2D eigenvalue weighted by atomic mass is 10.1. The average molecular weight is 293 g/mol. The highest BCUT2D eigenvalue weighted by Crippen LogP contribution is 2.05. The molecule has 0 fully saturated rings. The zero-order valence-corrected chi connectivity index (χ0v) is 12.4. The quantitative estimate of drug-likeness (QED) is 0.649. The summed E-state index contributed by atoms with van der Waals surface area (Å²) in [6.45, 7) is 3.28. The Morgan fingerprint density at radius 1 is 1.29 bits per heavy atom. The van der Waals surface area contributed by atoms with E-state index in [1.165, 1.54) is 0 Å². The van der Waals surface area contributed by atoms with Gasteiger partial charge in [-0.3, -0.25) is 4.79 Å². The number of carboxylic acid groups (broad SMARTS) is 1. The molecule has 0 saturated heterocycles. The van der Waals surface area contributed by atoms with Crippen molar-refractivity contribution in [2.75, 3.05) is 19.8 Å². The van der Waals surface area contributed by atoms with E-state index >= 15 is 0 Å². The molecular formula is C16H23NO4. The molecule has 116 valence electrons. The van der Waals surface area contributed by atoms with Crippen LogP contribution in [0.3, 0.4) is 0 Å². The molecule has 0 aliphatic rings. The van der Waals surface area contributed by atoms with E-state index in [4.69, 9.17) is 9.84 Å². The third kappa shape index (κ3) is 7.46. The first kappa shape index (κ1) is 17.2. The summed E-state index contributed by atoms with van der Waals surface area (Å²) < 4.78 is 5.26. The van der Waals surface area contributed by atoms with Crippen LogP contribution in [0.4, 0.5) is 0 Å². The van der Waals surface area contributed by atoms with Gasteiger partial charge in [0.05, 0.1) is 5.56 Å². The van der Waals surface area contributed by atoms with Crippen LogP contribution in [0, 0.1) is 0 Å². The Kier molecular flexibility index (Phi) is 8.12. The second-order valence-electron chi connectivity index (χ2n) is 4.87. The second kappa shape index (κ2) is 9.94. The fourth-order valence-corrected chi connectivity index (χ4v) is 1.88. The van der Waals surface area contributed by atoms with Crippen molar-refractivity contribution in [3.05, 3.63) is 35.4 Å². The van der Waals surface area contributed by atoms with Gasteiger partial charge in [0.15, 0.2) is 0 Å². The minimum atomic E-state index is -0.943. The van der Waals surface area contributed by atoms with Crippen LogP contribution >= 0.6 is 0 Å². The second-order valence-corrected chi connectivity index (χ2v) is 4.87. The number of unbranched alkanes of at least 4 members (excludes halogenated alkanes) is 2. The molecule has 0 aliphatic heterocycles. The van der Waals surface area contributed by atoms with Gasteiger partial charge in [-0.05, 0) is 30.5 Å². The molecule has 1 aromatic carbocycles. The molecule has 2 N–H and O–H groups in total. The van der Waals surface area contributed by atoms with Gasteiger partial charge in [0.2, 0.25) is 5.91 Å². The topological polar surface area (TPSA) is 75.6 Å². The first-order chi connectivity index (χ1) is 10.1. The van der Waals surface area contributed by atoms with E-state index in [0.29, 0.717) is 19.6 Å². The van der Waals surface area contributed by atoms with Crippen molar-refractivity contribution in [2.45, 2.75) is 32.6 Å². The van der Waals surface area contributed by atoms with Crippen molar-refractivity contribution >= 4 is 11.9 Å². The molecule has 1 amide bonds. The van der Waals surface area contributed by atoms with Crippen LogP contribution in [0.1, 0.15) is 42.1 Å². The monoisotopic (exact) mass is 293 g/mol. The molecule has 21 heavy (non-hydrogen) atoms. The fraction of sp³-hybridized carbons (Fsp3) is 0.500. The van der Waals surface area contributed by atoms with Crippen LogP contribution in [0.2, 0.25) is 0 Å². The minimum Gasteiger partial charge on any atom is -0.478 e. The molecule has 0 saturated carbocycles. The first-order valence-electron chi connectivity index (χ1n) is 7.30. The van der Waals surface area contributed by atoms with Gasteiger partial charge < -0.3 is 15.2 Å². The maximum absolute atomic E-state index is 11.5. The zero-order valence-electron chi connectivity index (χ0n) is 12.4. The summed E-state index contributed by atoms with van der Waals surface area (Å²) in [7, 11) is 0. The first-order valence-corrected chi connectivity index (χ1v) is 7.30. The summed E-state index contributed by atoms with van der Waals surface area (Å²) in [6, 6.07) is 6.72. The van der Waals surface area contributed by atoms with Crippen molar-refractivity contribution in [1.29, 1.82) is 0 Å². The number of carbonyl (C=O) groups excluding carboxylic acids is 1. The summed E-state index contributed by atoms with van der Waals surface area (Å²) in [5.41, 5.74) is 1.15. The Bertz CT molecular complexity index is 459. The number of amides is 1. The highest BCUT2D eigenvalue weighted by molar-refractivity contribution is 5.87. The molecule has 0 unspecified atom stereocenters. The lowest BCUT2D eigenvalue weighted by Crippen LogP contribution is -2.29. The summed E-state index contributed by atoms with van der Waals surface area (Å²) in [4.78, 5) is 22.4. The molecule has 5 heteroatoms. The van der Waals surface area contributed by atoms with Gasteiger partial charge in [-0.2, -0.15) is 0 Å². The van der Waals surface area contributed by atoms with Crippen molar-refractivity contribution in [3.63, 3.8) is 0 Å². The van der Waals surface area contributed by atoms with Gasteiger partial charge in [-0.15, -0.1) is 0 Å². The Morgan fingerprint density at radius 2 is 2.10 bits per heavy atom. The highest BCUT2D eigenvalue weighted by Gasteiger charge is 2.04. The van der Waals surface area contributed by atoms with Crippen molar-refractivity contribution in [2.24, 2.45) is 0 Å². The van der Waals surface area contributed by atoms with Gasteiger partial charge in [0.1, 0.15) is 6.61 Å². The number of benzene rings is 1. The summed E-state index contributed by atoms with van der Waals surface area (Å²) in [6.07, 6.45) is 3.82. The zero-order chi connectivity index (χ0) is 15.5. The Balaban J connectivity index is 2.19. The summed E-state index contributed by atoms with van der Waals surface area (Å²) >= 11 is 0. The predicted molar refractivity (Wildman–Crippen MR) is 80.5 cm³/mol. The number of hydrogen-bond acceptors (Lipinski definition) is 3. The number of carbonyl (C=O) groups is 2. The maximum Gasteiger partial charge on any atom is 0.335 e. The molecule has 0 heterocycles. The third-order valence-electron chi connectivity index (χ3n) is 3.04. The molecule has 1 aromatic rings. The van der Waals surface area contributed by atoms with E-state index in [2.05, 4.69) is 12.2 Å². The standard InChI is InChI=1S/C16H23NO4/c1-2-3-4-10-21-12-15(18)17-9-8-13-6-5-7-14(11-13)16(19)20/h5-7,11H,2-4,8-10,12H2,1H3,(H,17,18)(H,19,20). The highest BCUT2D eigenvalue weighted by atomic mass is 16.5. The van der Waals surface area contributed by atoms with Crippen LogP contribution in [0.5, 0.6) is 0 Å². The molecule has 0 radical (unpaired) electrons. The van der Waals surface area contributed by atoms with E-state index in [1.54, 1.807) is 18.2 Å². The SMILES string of the molecule is CCCCCOCC(=O)NCCc1cccc(C(=O)O)c1. The van der Waals surface area contributed by atoms with Gasteiger partial charge in [-0.1, -0.05) is 31.9 Å². The van der Waals surface area contributed by atoms with E-state index in [-0.39, 0.29) is 18.1 Å². The van der Waals surface area contributed by atoms with E-state index in [0.717, 1.165) is 24.8 Å². The lowest BCUT2D eigenvalue weighted by Gasteiger charge is -2.07. The summed E-state index contributed by atoms with van der Waals surface area (Å²) in [5.74, 6) is -1.08. The number of ether oxygens (including phenoxy) is 1. The molecular weight excluding hydrogens is 270 g/mol. The maximum atomic E-state index is 11.5. The molecule has 5 nitrogen and oxygen atoms in total. The predicted octanol–water partition coefficient (Wildman–Crippen LogP) is 2.25.